The second kappa shape index (κ2) is 8.93. The van der Waals surface area contributed by atoms with Gasteiger partial charge in [-0.1, -0.05) is 13.8 Å². The van der Waals surface area contributed by atoms with Crippen LogP contribution < -0.4 is 10.6 Å². The maximum atomic E-state index is 12.1. The van der Waals surface area contributed by atoms with Gasteiger partial charge in [-0.3, -0.25) is 14.6 Å². The van der Waals surface area contributed by atoms with E-state index >= 15 is 0 Å². The Balaban J connectivity index is 0.00000220. The first-order chi connectivity index (χ1) is 9.58. The van der Waals surface area contributed by atoms with Crippen molar-refractivity contribution in [2.24, 2.45) is 5.92 Å². The number of hydrogen-bond acceptors (Lipinski definition) is 4. The largest absolute Gasteiger partial charge is 0.354 e. The Hall–Kier alpha value is -0.360. The average molecular weight is 319 g/mol. The Kier molecular flexibility index (Phi) is 7.95. The normalized spacial score (nSPS) is 25.6. The molecule has 2 heterocycles. The van der Waals surface area contributed by atoms with E-state index in [0.717, 1.165) is 45.8 Å². The van der Waals surface area contributed by atoms with Crippen LogP contribution in [0.3, 0.4) is 0 Å². The van der Waals surface area contributed by atoms with Gasteiger partial charge < -0.3 is 10.6 Å². The highest BCUT2D eigenvalue weighted by Crippen LogP contribution is 2.13. The van der Waals surface area contributed by atoms with Gasteiger partial charge in [0.05, 0.1) is 6.04 Å². The van der Waals surface area contributed by atoms with Crippen LogP contribution in [-0.4, -0.2) is 73.6 Å². The highest BCUT2D eigenvalue weighted by Gasteiger charge is 2.29. The summed E-state index contributed by atoms with van der Waals surface area (Å²) >= 11 is 0. The number of hydrogen-bond donors (Lipinski definition) is 2. The second-order valence-electron chi connectivity index (χ2n) is 6.53. The fraction of sp³-hybridized carbons (Fsp3) is 0.933. The lowest BCUT2D eigenvalue weighted by Crippen LogP contribution is -2.56. The number of rotatable bonds is 5. The second-order valence-corrected chi connectivity index (χ2v) is 6.53. The van der Waals surface area contributed by atoms with Crippen molar-refractivity contribution < 1.29 is 4.79 Å². The van der Waals surface area contributed by atoms with Crippen molar-refractivity contribution in [2.45, 2.75) is 39.3 Å². The topological polar surface area (TPSA) is 47.6 Å². The summed E-state index contributed by atoms with van der Waals surface area (Å²) in [5, 5.41) is 6.47. The van der Waals surface area contributed by atoms with Crippen LogP contribution in [0.2, 0.25) is 0 Å². The SMILES string of the molecule is CC(C)CNC(=O)C(C)N1CCN(C2CCNC2)CC1.Cl. The van der Waals surface area contributed by atoms with Gasteiger partial charge in [-0.05, 0) is 25.8 Å². The Morgan fingerprint density at radius 3 is 2.43 bits per heavy atom. The molecule has 0 spiro atoms. The van der Waals surface area contributed by atoms with Gasteiger partial charge in [-0.25, -0.2) is 0 Å². The molecule has 0 aliphatic carbocycles. The molecule has 21 heavy (non-hydrogen) atoms. The summed E-state index contributed by atoms with van der Waals surface area (Å²) in [6.07, 6.45) is 1.27. The molecule has 6 heteroatoms. The number of halogens is 1. The molecule has 2 aliphatic rings. The van der Waals surface area contributed by atoms with E-state index in [1.165, 1.54) is 6.42 Å². The molecule has 2 fully saturated rings. The van der Waals surface area contributed by atoms with E-state index in [1.807, 2.05) is 6.92 Å². The summed E-state index contributed by atoms with van der Waals surface area (Å²) in [5.74, 6) is 0.688. The van der Waals surface area contributed by atoms with Crippen molar-refractivity contribution in [3.63, 3.8) is 0 Å². The number of nitrogens with zero attached hydrogens (tertiary/aromatic N) is 2. The fourth-order valence-electron chi connectivity index (χ4n) is 3.06. The summed E-state index contributed by atoms with van der Waals surface area (Å²) in [6.45, 7) is 13.5. The molecule has 2 unspecified atom stereocenters. The van der Waals surface area contributed by atoms with Gasteiger partial charge in [0, 0.05) is 45.3 Å². The van der Waals surface area contributed by atoms with Crippen molar-refractivity contribution in [1.82, 2.24) is 20.4 Å². The van der Waals surface area contributed by atoms with Crippen LogP contribution in [0, 0.1) is 5.92 Å². The van der Waals surface area contributed by atoms with Gasteiger partial charge in [-0.2, -0.15) is 0 Å². The molecule has 2 saturated heterocycles. The highest BCUT2D eigenvalue weighted by atomic mass is 35.5. The molecule has 0 saturated carbocycles. The Morgan fingerprint density at radius 1 is 1.24 bits per heavy atom. The molecule has 1 amide bonds. The van der Waals surface area contributed by atoms with Crippen LogP contribution in [0.15, 0.2) is 0 Å². The van der Waals surface area contributed by atoms with Crippen LogP contribution in [-0.2, 0) is 4.79 Å². The van der Waals surface area contributed by atoms with Crippen LogP contribution in [0.5, 0.6) is 0 Å². The van der Waals surface area contributed by atoms with Gasteiger partial charge in [0.2, 0.25) is 5.91 Å². The molecule has 0 aromatic carbocycles. The lowest BCUT2D eigenvalue weighted by molar-refractivity contribution is -0.126. The Bertz CT molecular complexity index is 313. The van der Waals surface area contributed by atoms with E-state index in [0.29, 0.717) is 12.0 Å². The number of carbonyl (C=O) groups is 1. The van der Waals surface area contributed by atoms with Crippen LogP contribution in [0.1, 0.15) is 27.2 Å². The smallest absolute Gasteiger partial charge is 0.237 e. The van der Waals surface area contributed by atoms with Gasteiger partial charge in [-0.15, -0.1) is 12.4 Å². The molecule has 0 aromatic rings. The monoisotopic (exact) mass is 318 g/mol. The summed E-state index contributed by atoms with van der Waals surface area (Å²) in [6, 6.07) is 0.708. The third-order valence-electron chi connectivity index (χ3n) is 4.51. The first kappa shape index (κ1) is 18.7. The predicted octanol–water partition coefficient (Wildman–Crippen LogP) is 0.548. The zero-order chi connectivity index (χ0) is 14.5. The molecule has 0 radical (unpaired) electrons. The van der Waals surface area contributed by atoms with Gasteiger partial charge >= 0.3 is 0 Å². The summed E-state index contributed by atoms with van der Waals surface area (Å²) < 4.78 is 0. The van der Waals surface area contributed by atoms with Crippen molar-refractivity contribution in [2.75, 3.05) is 45.8 Å². The first-order valence-electron chi connectivity index (χ1n) is 8.04. The average Bonchev–Trinajstić information content (AvgIpc) is 2.98. The van der Waals surface area contributed by atoms with Crippen LogP contribution in [0.4, 0.5) is 0 Å². The third-order valence-corrected chi connectivity index (χ3v) is 4.51. The van der Waals surface area contributed by atoms with E-state index in [-0.39, 0.29) is 24.4 Å². The summed E-state index contributed by atoms with van der Waals surface area (Å²) in [5.41, 5.74) is 0. The zero-order valence-electron chi connectivity index (χ0n) is 13.6. The molecule has 2 atom stereocenters. The quantitative estimate of drug-likeness (QED) is 0.777. The van der Waals surface area contributed by atoms with E-state index in [9.17, 15) is 4.79 Å². The molecular weight excluding hydrogens is 288 g/mol. The number of nitrogens with one attached hydrogen (secondary N) is 2. The van der Waals surface area contributed by atoms with Crippen molar-refractivity contribution in [3.05, 3.63) is 0 Å². The van der Waals surface area contributed by atoms with Crippen LogP contribution in [0.25, 0.3) is 0 Å². The van der Waals surface area contributed by atoms with E-state index in [4.69, 9.17) is 0 Å². The van der Waals surface area contributed by atoms with Gasteiger partial charge in [0.25, 0.3) is 0 Å². The van der Waals surface area contributed by atoms with E-state index in [2.05, 4.69) is 34.3 Å². The molecule has 2 rings (SSSR count). The van der Waals surface area contributed by atoms with Crippen LogP contribution >= 0.6 is 12.4 Å². The standard InChI is InChI=1S/C15H30N4O.ClH/c1-12(2)10-17-15(20)13(3)18-6-8-19(9-7-18)14-4-5-16-11-14;/h12-14,16H,4-11H2,1-3H3,(H,17,20);1H. The van der Waals surface area contributed by atoms with Crippen molar-refractivity contribution >= 4 is 18.3 Å². The first-order valence-corrected chi connectivity index (χ1v) is 8.04. The molecular formula is C15H31ClN4O. The fourth-order valence-corrected chi connectivity index (χ4v) is 3.06. The summed E-state index contributed by atoms with van der Waals surface area (Å²) in [7, 11) is 0. The molecule has 0 aromatic heterocycles. The van der Waals surface area contributed by atoms with Crippen molar-refractivity contribution in [3.8, 4) is 0 Å². The number of amides is 1. The molecule has 124 valence electrons. The maximum absolute atomic E-state index is 12.1. The Labute approximate surface area is 135 Å². The number of carbonyl (C=O) groups excluding carboxylic acids is 1. The van der Waals surface area contributed by atoms with Gasteiger partial charge in [0.15, 0.2) is 0 Å². The molecule has 0 bridgehead atoms. The Morgan fingerprint density at radius 2 is 1.90 bits per heavy atom. The lowest BCUT2D eigenvalue weighted by Gasteiger charge is -2.39. The minimum Gasteiger partial charge on any atom is -0.354 e. The minimum absolute atomic E-state index is 0. The minimum atomic E-state index is -0.00222. The lowest BCUT2D eigenvalue weighted by atomic mass is 10.1. The highest BCUT2D eigenvalue weighted by molar-refractivity contribution is 5.85. The van der Waals surface area contributed by atoms with Crippen molar-refractivity contribution in [1.29, 1.82) is 0 Å². The van der Waals surface area contributed by atoms with Gasteiger partial charge in [0.1, 0.15) is 0 Å². The zero-order valence-corrected chi connectivity index (χ0v) is 14.4. The molecule has 2 N–H and O–H groups in total. The van der Waals surface area contributed by atoms with E-state index < -0.39 is 0 Å². The molecule has 2 aliphatic heterocycles. The predicted molar refractivity (Wildman–Crippen MR) is 89.0 cm³/mol. The maximum Gasteiger partial charge on any atom is 0.237 e. The third kappa shape index (κ3) is 5.40. The molecule has 5 nitrogen and oxygen atoms in total. The summed E-state index contributed by atoms with van der Waals surface area (Å²) in [4.78, 5) is 17.0. The number of piperazine rings is 1. The van der Waals surface area contributed by atoms with E-state index in [1.54, 1.807) is 0 Å².